The van der Waals surface area contributed by atoms with E-state index in [0.717, 1.165) is 4.88 Å². The first-order valence-corrected chi connectivity index (χ1v) is 12.3. The maximum absolute atomic E-state index is 14.0. The van der Waals surface area contributed by atoms with E-state index in [0.29, 0.717) is 55.2 Å². The molecule has 1 saturated heterocycles. The summed E-state index contributed by atoms with van der Waals surface area (Å²) in [5.74, 6) is -0.301. The molecular weight excluding hydrogens is 456 g/mol. The summed E-state index contributed by atoms with van der Waals surface area (Å²) in [6.07, 6.45) is 1.13. The number of benzene rings is 1. The van der Waals surface area contributed by atoms with E-state index in [-0.39, 0.29) is 23.7 Å². The highest BCUT2D eigenvalue weighted by molar-refractivity contribution is 7.10. The van der Waals surface area contributed by atoms with Crippen molar-refractivity contribution in [3.05, 3.63) is 45.6 Å². The van der Waals surface area contributed by atoms with Gasteiger partial charge in [0.05, 0.1) is 38.7 Å². The number of rotatable bonds is 6. The number of piperidine rings is 1. The van der Waals surface area contributed by atoms with Crippen LogP contribution in [0.25, 0.3) is 0 Å². The fraction of sp³-hybridized carbons (Fsp3) is 0.480. The molecule has 1 fully saturated rings. The number of carbonyl (C=O) groups excluding carboxylic acids is 3. The van der Waals surface area contributed by atoms with Gasteiger partial charge in [-0.15, -0.1) is 11.3 Å². The van der Waals surface area contributed by atoms with Crippen LogP contribution in [-0.4, -0.2) is 68.5 Å². The number of likely N-dealkylation sites (tertiary alicyclic amines) is 1. The number of amides is 2. The molecule has 4 rings (SSSR count). The van der Waals surface area contributed by atoms with Gasteiger partial charge in [0.25, 0.3) is 5.91 Å². The molecule has 2 aliphatic heterocycles. The van der Waals surface area contributed by atoms with Crippen LogP contribution in [0.2, 0.25) is 0 Å². The van der Waals surface area contributed by atoms with Gasteiger partial charge in [0.15, 0.2) is 11.5 Å². The Labute approximate surface area is 203 Å². The first-order chi connectivity index (χ1) is 16.4. The zero-order valence-electron chi connectivity index (χ0n) is 19.9. The second kappa shape index (κ2) is 10.0. The SMILES string of the molecule is CCOC(=O)C1CCN(C(=O)C2c3cc(OC)c(OC)cc3C(=O)N(C)C2c2cccs2)CC1. The number of hydrogen-bond donors (Lipinski definition) is 0. The topological polar surface area (TPSA) is 85.4 Å². The molecule has 2 amide bonds. The van der Waals surface area contributed by atoms with Crippen LogP contribution in [0.4, 0.5) is 0 Å². The Morgan fingerprint density at radius 1 is 1.12 bits per heavy atom. The van der Waals surface area contributed by atoms with E-state index in [1.807, 2.05) is 22.4 Å². The predicted octanol–water partition coefficient (Wildman–Crippen LogP) is 3.48. The number of esters is 1. The average Bonchev–Trinajstić information content (AvgIpc) is 3.39. The Bertz CT molecular complexity index is 1060. The highest BCUT2D eigenvalue weighted by Gasteiger charge is 2.46. The highest BCUT2D eigenvalue weighted by Crippen LogP contribution is 2.47. The fourth-order valence-electron chi connectivity index (χ4n) is 4.92. The summed E-state index contributed by atoms with van der Waals surface area (Å²) in [5.41, 5.74) is 1.07. The second-order valence-corrected chi connectivity index (χ2v) is 9.48. The van der Waals surface area contributed by atoms with Crippen LogP contribution in [0, 0.1) is 5.92 Å². The molecule has 182 valence electrons. The third kappa shape index (κ3) is 4.24. The minimum absolute atomic E-state index is 0.0615. The third-order valence-electron chi connectivity index (χ3n) is 6.70. The van der Waals surface area contributed by atoms with E-state index in [1.165, 1.54) is 25.6 Å². The number of hydrogen-bond acceptors (Lipinski definition) is 7. The van der Waals surface area contributed by atoms with Gasteiger partial charge in [-0.25, -0.2) is 0 Å². The van der Waals surface area contributed by atoms with E-state index in [4.69, 9.17) is 14.2 Å². The summed E-state index contributed by atoms with van der Waals surface area (Å²) in [6, 6.07) is 6.86. The van der Waals surface area contributed by atoms with Crippen LogP contribution in [-0.2, 0) is 14.3 Å². The Balaban J connectivity index is 1.72. The van der Waals surface area contributed by atoms with Crippen molar-refractivity contribution >= 4 is 29.1 Å². The lowest BCUT2D eigenvalue weighted by molar-refractivity contribution is -0.151. The van der Waals surface area contributed by atoms with Gasteiger partial charge >= 0.3 is 5.97 Å². The van der Waals surface area contributed by atoms with Crippen molar-refractivity contribution in [3.8, 4) is 11.5 Å². The molecule has 1 aromatic carbocycles. The van der Waals surface area contributed by atoms with Gasteiger partial charge in [0.1, 0.15) is 0 Å². The van der Waals surface area contributed by atoms with Crippen LogP contribution < -0.4 is 9.47 Å². The molecular formula is C25H30N2O6S. The number of methoxy groups -OCH3 is 2. The van der Waals surface area contributed by atoms with E-state index < -0.39 is 12.0 Å². The summed E-state index contributed by atoms with van der Waals surface area (Å²) in [6.45, 7) is 3.08. The number of nitrogens with zero attached hydrogens (tertiary/aromatic N) is 2. The molecule has 8 nitrogen and oxygen atoms in total. The monoisotopic (exact) mass is 486 g/mol. The molecule has 0 aliphatic carbocycles. The number of ether oxygens (including phenoxy) is 3. The summed E-state index contributed by atoms with van der Waals surface area (Å²) in [7, 11) is 4.79. The van der Waals surface area contributed by atoms with Crippen molar-refractivity contribution in [3.63, 3.8) is 0 Å². The molecule has 2 aliphatic rings. The van der Waals surface area contributed by atoms with Crippen molar-refractivity contribution in [1.82, 2.24) is 9.80 Å². The average molecular weight is 487 g/mol. The predicted molar refractivity (Wildman–Crippen MR) is 127 cm³/mol. The molecule has 2 atom stereocenters. The van der Waals surface area contributed by atoms with Gasteiger partial charge in [-0.3, -0.25) is 14.4 Å². The smallest absolute Gasteiger partial charge is 0.309 e. The Kier molecular flexibility index (Phi) is 7.11. The minimum atomic E-state index is -0.602. The largest absolute Gasteiger partial charge is 0.493 e. The molecule has 2 unspecified atom stereocenters. The van der Waals surface area contributed by atoms with Gasteiger partial charge in [-0.05, 0) is 48.9 Å². The van der Waals surface area contributed by atoms with E-state index >= 15 is 0 Å². The second-order valence-electron chi connectivity index (χ2n) is 8.50. The van der Waals surface area contributed by atoms with Gasteiger partial charge in [-0.2, -0.15) is 0 Å². The molecule has 0 radical (unpaired) electrons. The first kappa shape index (κ1) is 24.1. The van der Waals surface area contributed by atoms with Gasteiger partial charge in [0.2, 0.25) is 5.91 Å². The normalized spacial score (nSPS) is 20.6. The Morgan fingerprint density at radius 3 is 2.38 bits per heavy atom. The van der Waals surface area contributed by atoms with Gasteiger partial charge < -0.3 is 24.0 Å². The number of thiophene rings is 1. The third-order valence-corrected chi connectivity index (χ3v) is 7.64. The molecule has 0 bridgehead atoms. The lowest BCUT2D eigenvalue weighted by atomic mass is 9.80. The first-order valence-electron chi connectivity index (χ1n) is 11.4. The van der Waals surface area contributed by atoms with Crippen molar-refractivity contribution in [2.24, 2.45) is 5.92 Å². The van der Waals surface area contributed by atoms with Crippen LogP contribution >= 0.6 is 11.3 Å². The molecule has 0 spiro atoms. The number of likely N-dealkylation sites (N-methyl/N-ethyl adjacent to an activating group) is 1. The summed E-state index contributed by atoms with van der Waals surface area (Å²) >= 11 is 1.52. The zero-order valence-corrected chi connectivity index (χ0v) is 20.7. The molecule has 0 saturated carbocycles. The number of carbonyl (C=O) groups is 3. The van der Waals surface area contributed by atoms with Crippen molar-refractivity contribution in [1.29, 1.82) is 0 Å². The summed E-state index contributed by atoms with van der Waals surface area (Å²) in [5, 5.41) is 1.95. The van der Waals surface area contributed by atoms with E-state index in [2.05, 4.69) is 0 Å². The molecule has 0 N–H and O–H groups in total. The van der Waals surface area contributed by atoms with Gasteiger partial charge in [0, 0.05) is 30.6 Å². The van der Waals surface area contributed by atoms with Crippen molar-refractivity contribution in [2.45, 2.75) is 31.7 Å². The molecule has 9 heteroatoms. The fourth-order valence-corrected chi connectivity index (χ4v) is 5.83. The quantitative estimate of drug-likeness (QED) is 0.582. The maximum atomic E-state index is 14.0. The van der Waals surface area contributed by atoms with E-state index in [1.54, 1.807) is 31.0 Å². The molecule has 34 heavy (non-hydrogen) atoms. The summed E-state index contributed by atoms with van der Waals surface area (Å²) < 4.78 is 16.1. The van der Waals surface area contributed by atoms with Crippen LogP contribution in [0.3, 0.4) is 0 Å². The summed E-state index contributed by atoms with van der Waals surface area (Å²) in [4.78, 5) is 44.0. The molecule has 1 aromatic heterocycles. The number of fused-ring (bicyclic) bond motifs is 1. The van der Waals surface area contributed by atoms with Crippen molar-refractivity contribution < 1.29 is 28.6 Å². The van der Waals surface area contributed by atoms with Crippen LogP contribution in [0.5, 0.6) is 11.5 Å². The maximum Gasteiger partial charge on any atom is 0.309 e. The minimum Gasteiger partial charge on any atom is -0.493 e. The Hall–Kier alpha value is -3.07. The zero-order chi connectivity index (χ0) is 24.4. The Morgan fingerprint density at radius 2 is 1.79 bits per heavy atom. The lowest BCUT2D eigenvalue weighted by Gasteiger charge is -2.42. The lowest BCUT2D eigenvalue weighted by Crippen LogP contribution is -2.49. The molecule has 3 heterocycles. The van der Waals surface area contributed by atoms with Crippen molar-refractivity contribution in [2.75, 3.05) is 41.0 Å². The van der Waals surface area contributed by atoms with E-state index in [9.17, 15) is 14.4 Å². The van der Waals surface area contributed by atoms with Crippen LogP contribution in [0.1, 0.15) is 52.5 Å². The highest BCUT2D eigenvalue weighted by atomic mass is 32.1. The van der Waals surface area contributed by atoms with Gasteiger partial charge in [-0.1, -0.05) is 6.07 Å². The molecule has 2 aromatic rings. The van der Waals surface area contributed by atoms with Crippen LogP contribution in [0.15, 0.2) is 29.6 Å². The standard InChI is InChI=1S/C25H30N2O6S/c1-5-33-25(30)15-8-10-27(11-9-15)24(29)21-16-13-18(31-3)19(32-4)14-17(16)23(28)26(2)22(21)20-7-6-12-34-20/h6-7,12-15,21-22H,5,8-11H2,1-4H3.